The third-order valence-electron chi connectivity index (χ3n) is 5.07. The fourth-order valence-corrected chi connectivity index (χ4v) is 3.31. The number of benzene rings is 1. The number of hydrogen-bond donors (Lipinski definition) is 3. The van der Waals surface area contributed by atoms with Gasteiger partial charge in [-0.25, -0.2) is 9.97 Å². The van der Waals surface area contributed by atoms with Gasteiger partial charge in [-0.2, -0.15) is 13.2 Å². The first kappa shape index (κ1) is 26.3. The number of nitrogens with two attached hydrogens (primary N) is 1. The first-order valence-corrected chi connectivity index (χ1v) is 10.6. The average Bonchev–Trinajstić information content (AvgIpc) is 3.24. The van der Waals surface area contributed by atoms with Gasteiger partial charge in [-0.05, 0) is 50.4 Å². The van der Waals surface area contributed by atoms with Crippen LogP contribution in [0.4, 0.5) is 19.0 Å². The molecule has 4 rings (SSSR count). The van der Waals surface area contributed by atoms with E-state index in [0.29, 0.717) is 28.1 Å². The third kappa shape index (κ3) is 7.26. The molecule has 3 heterocycles. The van der Waals surface area contributed by atoms with E-state index in [0.717, 1.165) is 25.2 Å². The van der Waals surface area contributed by atoms with Gasteiger partial charge in [0.15, 0.2) is 0 Å². The number of ether oxygens (including phenoxy) is 1. The quantitative estimate of drug-likeness (QED) is 0.536. The molecule has 4 N–H and O–H groups in total. The van der Waals surface area contributed by atoms with E-state index in [1.165, 1.54) is 38.7 Å². The van der Waals surface area contributed by atoms with E-state index < -0.39 is 11.7 Å². The molecule has 1 fully saturated rings. The first-order valence-electron chi connectivity index (χ1n) is 10.6. The highest BCUT2D eigenvalue weighted by Crippen LogP contribution is 2.33. The van der Waals surface area contributed by atoms with Crippen LogP contribution >= 0.6 is 0 Å². The summed E-state index contributed by atoms with van der Waals surface area (Å²) in [6, 6.07) is 5.43. The van der Waals surface area contributed by atoms with Crippen LogP contribution in [0.3, 0.4) is 0 Å². The van der Waals surface area contributed by atoms with E-state index in [1.54, 1.807) is 13.0 Å². The zero-order valence-electron chi connectivity index (χ0n) is 19.2. The molecule has 180 valence electrons. The minimum atomic E-state index is -4.39. The Bertz CT molecular complexity index is 1110. The van der Waals surface area contributed by atoms with Crippen molar-refractivity contribution in [2.45, 2.75) is 39.9 Å². The molecule has 0 bridgehead atoms. The molecule has 3 aromatic rings. The second-order valence-electron chi connectivity index (χ2n) is 7.63. The van der Waals surface area contributed by atoms with Crippen LogP contribution in [0.5, 0.6) is 0 Å². The summed E-state index contributed by atoms with van der Waals surface area (Å²) in [6.07, 6.45) is -1.64. The van der Waals surface area contributed by atoms with Gasteiger partial charge in [0.25, 0.3) is 0 Å². The van der Waals surface area contributed by atoms with Crippen LogP contribution in [-0.2, 0) is 17.5 Å². The number of aromatic nitrogens is 3. The number of alkyl halides is 3. The van der Waals surface area contributed by atoms with E-state index in [1.807, 2.05) is 0 Å². The van der Waals surface area contributed by atoms with Crippen molar-refractivity contribution >= 4 is 16.7 Å². The Hall–Kier alpha value is -2.98. The summed E-state index contributed by atoms with van der Waals surface area (Å²) < 4.78 is 44.1. The number of nitrogens with zero attached hydrogens (tertiary/aromatic N) is 2. The van der Waals surface area contributed by atoms with E-state index in [-0.39, 0.29) is 17.7 Å². The summed E-state index contributed by atoms with van der Waals surface area (Å²) in [5.74, 6) is 1.74. The maximum atomic E-state index is 13.0. The number of H-pyrrole nitrogens is 1. The highest BCUT2D eigenvalue weighted by atomic mass is 19.4. The smallest absolute Gasteiger partial charge is 0.381 e. The van der Waals surface area contributed by atoms with Crippen molar-refractivity contribution in [3.05, 3.63) is 63.3 Å². The lowest BCUT2D eigenvalue weighted by Crippen LogP contribution is -2.12. The topological polar surface area (TPSA) is 106 Å². The second-order valence-corrected chi connectivity index (χ2v) is 7.63. The lowest BCUT2D eigenvalue weighted by Gasteiger charge is -2.15. The Balaban J connectivity index is 0.000000411. The minimum absolute atomic E-state index is 0.167. The maximum Gasteiger partial charge on any atom is 0.416 e. The molecule has 0 aliphatic carbocycles. The van der Waals surface area contributed by atoms with E-state index in [2.05, 4.69) is 32.9 Å². The maximum absolute atomic E-state index is 13.0. The highest BCUT2D eigenvalue weighted by Gasteiger charge is 2.32. The van der Waals surface area contributed by atoms with Crippen LogP contribution in [0.15, 0.2) is 35.3 Å². The van der Waals surface area contributed by atoms with Crippen LogP contribution in [-0.4, -0.2) is 35.2 Å². The van der Waals surface area contributed by atoms with Gasteiger partial charge in [0, 0.05) is 32.0 Å². The van der Waals surface area contributed by atoms with Gasteiger partial charge < -0.3 is 20.8 Å². The molecule has 1 atom stereocenters. The Morgan fingerprint density at radius 3 is 2.55 bits per heavy atom. The number of rotatable bonds is 3. The summed E-state index contributed by atoms with van der Waals surface area (Å²) in [5.41, 5.74) is 4.72. The van der Waals surface area contributed by atoms with Crippen LogP contribution in [0.2, 0.25) is 0 Å². The number of aryl methyl sites for hydroxylation is 1. The van der Waals surface area contributed by atoms with Crippen molar-refractivity contribution in [1.29, 1.82) is 0 Å². The molecular weight excluding hydrogens is 435 g/mol. The van der Waals surface area contributed by atoms with E-state index >= 15 is 0 Å². The lowest BCUT2D eigenvalue weighted by molar-refractivity contribution is -0.138. The molecule has 1 unspecified atom stereocenters. The van der Waals surface area contributed by atoms with Crippen molar-refractivity contribution in [3.8, 4) is 0 Å². The van der Waals surface area contributed by atoms with Crippen molar-refractivity contribution in [1.82, 2.24) is 15.0 Å². The fourth-order valence-electron chi connectivity index (χ4n) is 3.31. The standard InChI is InChI=1S/C17H15F3N4O.C5H10O.CH5N/c1-9-11(4-3-5-13(9)17(18,19)20)7-22-16-12-8-21-15(25)6-14(12)23-10(2)24-16;1-5-2-3-6-4-5;1-2/h3-6,8H,7H2,1-2H3,(H,21,25)(H,22,23,24);5H,2-4H2,1H3;2H2,1H3. The molecule has 1 aromatic carbocycles. The second kappa shape index (κ2) is 11.8. The summed E-state index contributed by atoms with van der Waals surface area (Å²) in [4.78, 5) is 22.4. The van der Waals surface area contributed by atoms with Crippen LogP contribution in [0, 0.1) is 19.8 Å². The molecule has 0 radical (unpaired) electrons. The van der Waals surface area contributed by atoms with Crippen molar-refractivity contribution in [3.63, 3.8) is 0 Å². The number of pyridine rings is 1. The zero-order chi connectivity index (χ0) is 24.6. The largest absolute Gasteiger partial charge is 0.416 e. The van der Waals surface area contributed by atoms with Crippen LogP contribution in [0.1, 0.15) is 35.9 Å². The van der Waals surface area contributed by atoms with Gasteiger partial charge in [0.1, 0.15) is 11.6 Å². The molecule has 1 aliphatic rings. The molecule has 0 saturated carbocycles. The Morgan fingerprint density at radius 2 is 1.97 bits per heavy atom. The molecule has 1 saturated heterocycles. The fraction of sp³-hybridized carbons (Fsp3) is 0.435. The first-order chi connectivity index (χ1) is 15.6. The third-order valence-corrected chi connectivity index (χ3v) is 5.07. The van der Waals surface area contributed by atoms with Gasteiger partial charge >= 0.3 is 6.18 Å². The molecule has 2 aromatic heterocycles. The van der Waals surface area contributed by atoms with Crippen molar-refractivity contribution < 1.29 is 17.9 Å². The van der Waals surface area contributed by atoms with Crippen LogP contribution in [0.25, 0.3) is 10.9 Å². The van der Waals surface area contributed by atoms with Crippen LogP contribution < -0.4 is 16.6 Å². The predicted octanol–water partition coefficient (Wildman–Crippen LogP) is 4.18. The number of nitrogens with one attached hydrogen (secondary N) is 2. The molecule has 7 nitrogen and oxygen atoms in total. The lowest BCUT2D eigenvalue weighted by atomic mass is 10.0. The highest BCUT2D eigenvalue weighted by molar-refractivity contribution is 5.88. The number of hydrogen-bond acceptors (Lipinski definition) is 6. The zero-order valence-corrected chi connectivity index (χ0v) is 19.2. The SMILES string of the molecule is CC1CCOC1.CN.Cc1nc(NCc2cccc(C(F)(F)F)c2C)c2c[nH]c(=O)cc2n1. The summed E-state index contributed by atoms with van der Waals surface area (Å²) in [5, 5.41) is 3.64. The van der Waals surface area contributed by atoms with Gasteiger partial charge in [-0.3, -0.25) is 4.79 Å². The average molecular weight is 466 g/mol. The molecule has 10 heteroatoms. The molecular formula is C23H30F3N5O2. The molecule has 0 spiro atoms. The number of aromatic amines is 1. The van der Waals surface area contributed by atoms with Crippen molar-refractivity contribution in [2.75, 3.05) is 25.6 Å². The summed E-state index contributed by atoms with van der Waals surface area (Å²) >= 11 is 0. The minimum Gasteiger partial charge on any atom is -0.381 e. The Kier molecular flexibility index (Phi) is 9.36. The molecule has 33 heavy (non-hydrogen) atoms. The number of halogens is 3. The number of fused-ring (bicyclic) bond motifs is 1. The van der Waals surface area contributed by atoms with Gasteiger partial charge in [-0.1, -0.05) is 19.1 Å². The molecule has 0 amide bonds. The van der Waals surface area contributed by atoms with E-state index in [9.17, 15) is 18.0 Å². The predicted molar refractivity (Wildman–Crippen MR) is 123 cm³/mol. The normalized spacial score (nSPS) is 15.3. The molecule has 1 aliphatic heterocycles. The Labute approximate surface area is 190 Å². The summed E-state index contributed by atoms with van der Waals surface area (Å²) in [7, 11) is 1.50. The van der Waals surface area contributed by atoms with Crippen molar-refractivity contribution in [2.24, 2.45) is 11.7 Å². The summed E-state index contributed by atoms with van der Waals surface area (Å²) in [6.45, 7) is 7.48. The van der Waals surface area contributed by atoms with Gasteiger partial charge in [-0.15, -0.1) is 0 Å². The Morgan fingerprint density at radius 1 is 1.24 bits per heavy atom. The van der Waals surface area contributed by atoms with E-state index in [4.69, 9.17) is 4.74 Å². The number of anilines is 1. The van der Waals surface area contributed by atoms with Gasteiger partial charge in [0.05, 0.1) is 16.5 Å². The van der Waals surface area contributed by atoms with Gasteiger partial charge in [0.2, 0.25) is 5.56 Å². The monoisotopic (exact) mass is 465 g/mol.